The van der Waals surface area contributed by atoms with Gasteiger partial charge in [0.25, 0.3) is 0 Å². The monoisotopic (exact) mass is 547 g/mol. The van der Waals surface area contributed by atoms with Crippen molar-refractivity contribution in [1.82, 2.24) is 10.6 Å². The van der Waals surface area contributed by atoms with Gasteiger partial charge in [0.15, 0.2) is 0 Å². The summed E-state index contributed by atoms with van der Waals surface area (Å²) >= 11 is 13.2. The molecule has 1 atom stereocenters. The average Bonchev–Trinajstić information content (AvgIpc) is 2.85. The van der Waals surface area contributed by atoms with Crippen molar-refractivity contribution in [2.24, 2.45) is 4.99 Å². The molecule has 1 unspecified atom stereocenters. The number of fused-ring (bicyclic) bond motifs is 2. The number of anilines is 2. The Bertz CT molecular complexity index is 1300. The maximum Gasteiger partial charge on any atom is 0.492 e. The highest BCUT2D eigenvalue weighted by molar-refractivity contribution is 8.05. The zero-order valence-corrected chi connectivity index (χ0v) is 20.8. The molecule has 188 valence electrons. The van der Waals surface area contributed by atoms with E-state index in [2.05, 4.69) is 25.4 Å². The average molecular weight is 548 g/mol. The summed E-state index contributed by atoms with van der Waals surface area (Å²) in [5.74, 6) is -2.27. The number of hydrogen-bond acceptors (Lipinski definition) is 7. The Hall–Kier alpha value is -2.05. The van der Waals surface area contributed by atoms with Crippen LogP contribution in [0.3, 0.4) is 0 Å². The molecular weight excluding hydrogens is 526 g/mol. The van der Waals surface area contributed by atoms with Gasteiger partial charge in [-0.25, -0.2) is 9.79 Å². The molecule has 13 heteroatoms. The van der Waals surface area contributed by atoms with Gasteiger partial charge in [-0.3, -0.25) is 0 Å². The van der Waals surface area contributed by atoms with Gasteiger partial charge in [-0.15, -0.1) is 0 Å². The third-order valence-corrected chi connectivity index (χ3v) is 8.32. The Balaban J connectivity index is 1.72. The van der Waals surface area contributed by atoms with Gasteiger partial charge >= 0.3 is 12.1 Å². The van der Waals surface area contributed by atoms with Gasteiger partial charge in [0, 0.05) is 74.5 Å². The zero-order valence-electron chi connectivity index (χ0n) is 18.4. The van der Waals surface area contributed by atoms with Crippen molar-refractivity contribution in [1.29, 1.82) is 0 Å². The van der Waals surface area contributed by atoms with Crippen molar-refractivity contribution in [3.63, 3.8) is 0 Å². The lowest BCUT2D eigenvalue weighted by Gasteiger charge is -2.31. The quantitative estimate of drug-likeness (QED) is 0.571. The lowest BCUT2D eigenvalue weighted by Crippen LogP contribution is -2.43. The first kappa shape index (κ1) is 24.6. The fourth-order valence-corrected chi connectivity index (χ4v) is 6.68. The fourth-order valence-electron chi connectivity index (χ4n) is 4.27. The summed E-state index contributed by atoms with van der Waals surface area (Å²) in [6.45, 7) is 5.88. The molecule has 0 radical (unpaired) electrons. The molecule has 0 aliphatic carbocycles. The van der Waals surface area contributed by atoms with Gasteiger partial charge in [-0.1, -0.05) is 23.2 Å². The fraction of sp³-hybridized carbons (Fsp3) is 0.409. The molecule has 3 heterocycles. The van der Waals surface area contributed by atoms with Crippen LogP contribution in [0.5, 0.6) is 0 Å². The molecule has 0 saturated carbocycles. The van der Waals surface area contributed by atoms with E-state index in [1.165, 1.54) is 0 Å². The maximum atomic E-state index is 13.3. The third-order valence-electron chi connectivity index (χ3n) is 6.00. The van der Waals surface area contributed by atoms with Crippen molar-refractivity contribution in [2.75, 3.05) is 62.2 Å². The van der Waals surface area contributed by atoms with Gasteiger partial charge in [-0.05, 0) is 24.3 Å². The number of piperazine rings is 2. The molecule has 3 aliphatic rings. The van der Waals surface area contributed by atoms with E-state index < -0.39 is 22.9 Å². The van der Waals surface area contributed by atoms with Gasteiger partial charge in [0.1, 0.15) is 0 Å². The van der Waals surface area contributed by atoms with Gasteiger partial charge in [-0.2, -0.15) is 13.2 Å². The molecule has 2 fully saturated rings. The Labute approximate surface area is 212 Å². The Morgan fingerprint density at radius 2 is 1.46 bits per heavy atom. The van der Waals surface area contributed by atoms with Crippen molar-refractivity contribution in [3.8, 4) is 0 Å². The second-order valence-electron chi connectivity index (χ2n) is 8.27. The minimum absolute atomic E-state index is 0.254. The minimum atomic E-state index is -5.15. The normalized spacial score (nSPS) is 20.1. The first-order valence-corrected chi connectivity index (χ1v) is 13.0. The highest BCUT2D eigenvalue weighted by atomic mass is 35.5. The van der Waals surface area contributed by atoms with Crippen molar-refractivity contribution >= 4 is 57.0 Å². The third kappa shape index (κ3) is 4.97. The van der Waals surface area contributed by atoms with Gasteiger partial charge < -0.3 is 24.6 Å². The summed E-state index contributed by atoms with van der Waals surface area (Å²) < 4.78 is 45.3. The molecule has 0 spiro atoms. The van der Waals surface area contributed by atoms with Crippen LogP contribution in [0.2, 0.25) is 10.0 Å². The number of hydrogen-bond donors (Lipinski definition) is 2. The summed E-state index contributed by atoms with van der Waals surface area (Å²) in [5.41, 5.74) is 1.73. The summed E-state index contributed by atoms with van der Waals surface area (Å²) in [6, 6.07) is 6.90. The molecule has 35 heavy (non-hydrogen) atoms. The van der Waals surface area contributed by atoms with Crippen LogP contribution < -0.4 is 25.8 Å². The number of nitrogens with one attached hydrogen (secondary N) is 2. The zero-order chi connectivity index (χ0) is 24.7. The summed E-state index contributed by atoms with van der Waals surface area (Å²) in [7, 11) is -1.74. The highest BCUT2D eigenvalue weighted by Gasteiger charge is 2.42. The Morgan fingerprint density at radius 1 is 0.914 bits per heavy atom. The molecular formula is C22H22Cl2F3N5O2S. The molecule has 0 bridgehead atoms. The van der Waals surface area contributed by atoms with E-state index in [-0.39, 0.29) is 21.1 Å². The predicted octanol–water partition coefficient (Wildman–Crippen LogP) is 3.68. The van der Waals surface area contributed by atoms with E-state index in [0.29, 0.717) is 35.6 Å². The first-order valence-electron chi connectivity index (χ1n) is 11.1. The van der Waals surface area contributed by atoms with Crippen LogP contribution in [0, 0.1) is 4.51 Å². The lowest BCUT2D eigenvalue weighted by molar-refractivity contribution is -0.188. The number of halogens is 5. The summed E-state index contributed by atoms with van der Waals surface area (Å²) in [5, 5.41) is 7.29. The Morgan fingerprint density at radius 3 is 2.03 bits per heavy atom. The van der Waals surface area contributed by atoms with Crippen molar-refractivity contribution < 1.29 is 22.1 Å². The van der Waals surface area contributed by atoms with Crippen LogP contribution in [0.25, 0.3) is 0 Å². The molecule has 2 aromatic rings. The first-order chi connectivity index (χ1) is 16.7. The number of alkyl halides is 3. The summed E-state index contributed by atoms with van der Waals surface area (Å²) in [6.07, 6.45) is -5.15. The number of carbonyl (C=O) groups excluding carboxylic acids is 1. The number of carbonyl (C=O) groups is 1. The number of benzene rings is 2. The number of nitrogens with zero attached hydrogens (tertiary/aromatic N) is 3. The standard InChI is InChI=1S/C22H22Cl2F3N5O2S/c23-15-9-13(31-5-1-28-2-6-31)11-17-19(15)30-20-16(24)10-14(32-7-3-29-4-8-32)12-18(20)35(17)34-21(33)22(25,26)27/h9-12,28-29H,1-8H2. The molecule has 0 amide bonds. The second kappa shape index (κ2) is 9.78. The molecule has 7 nitrogen and oxygen atoms in total. The van der Waals surface area contributed by atoms with Crippen LogP contribution >= 0.6 is 34.0 Å². The van der Waals surface area contributed by atoms with Crippen LogP contribution in [0.1, 0.15) is 0 Å². The lowest BCUT2D eigenvalue weighted by atomic mass is 10.2. The topological polar surface area (TPSA) is 69.2 Å². The Kier molecular flexibility index (Phi) is 6.88. The van der Waals surface area contributed by atoms with E-state index in [4.69, 9.17) is 27.4 Å². The van der Waals surface area contributed by atoms with Gasteiger partial charge in [0.2, 0.25) is 0 Å². The molecule has 3 aliphatic heterocycles. The molecule has 0 aromatic heterocycles. The van der Waals surface area contributed by atoms with Crippen molar-refractivity contribution in [2.45, 2.75) is 11.1 Å². The van der Waals surface area contributed by atoms with E-state index in [1.54, 1.807) is 24.3 Å². The smallest absolute Gasteiger partial charge is 0.388 e. The van der Waals surface area contributed by atoms with Crippen LogP contribution in [-0.2, 0) is 8.98 Å². The molecule has 2 N–H and O–H groups in total. The SMILES string of the molecule is O=C(OS1=c2cc(N3CCNCC3)cc(Cl)c2=Nc2c(Cl)cc(N3CCNCC3)cc21)C(F)(F)F. The van der Waals surface area contributed by atoms with E-state index >= 15 is 0 Å². The molecule has 5 rings (SSSR count). The second-order valence-corrected chi connectivity index (χ2v) is 10.7. The molecule has 2 aromatic carbocycles. The van der Waals surface area contributed by atoms with Crippen LogP contribution in [0.15, 0.2) is 34.2 Å². The van der Waals surface area contributed by atoms with E-state index in [9.17, 15) is 18.0 Å². The largest absolute Gasteiger partial charge is 0.492 e. The number of rotatable bonds is 3. The van der Waals surface area contributed by atoms with E-state index in [1.807, 2.05) is 0 Å². The highest BCUT2D eigenvalue weighted by Crippen LogP contribution is 2.47. The summed E-state index contributed by atoms with van der Waals surface area (Å²) in [4.78, 5) is 21.1. The van der Waals surface area contributed by atoms with Crippen molar-refractivity contribution in [3.05, 3.63) is 44.2 Å². The van der Waals surface area contributed by atoms with Crippen LogP contribution in [-0.4, -0.2) is 64.5 Å². The van der Waals surface area contributed by atoms with Crippen LogP contribution in [0.4, 0.5) is 30.2 Å². The predicted molar refractivity (Wildman–Crippen MR) is 131 cm³/mol. The maximum absolute atomic E-state index is 13.3. The molecule has 2 saturated heterocycles. The van der Waals surface area contributed by atoms with E-state index in [0.717, 1.165) is 37.6 Å². The van der Waals surface area contributed by atoms with Gasteiger partial charge in [0.05, 0.1) is 30.5 Å². The minimum Gasteiger partial charge on any atom is -0.388 e.